The van der Waals surface area contributed by atoms with E-state index in [9.17, 15) is 4.79 Å². The normalized spacial score (nSPS) is 10.1. The number of aromatic nitrogens is 2. The Hall–Kier alpha value is -1.95. The standard InChI is InChI=1S/C12H9BrN2O3/c1-7-4-8(13)2-3-10(7)18-11-9(12(16)17)5-14-6-15-11/h2-6H,1H3,(H,16,17). The molecule has 0 aliphatic heterocycles. The second-order valence-corrected chi connectivity index (χ2v) is 4.47. The van der Waals surface area contributed by atoms with Crippen LogP contribution in [0, 0.1) is 6.92 Å². The van der Waals surface area contributed by atoms with Crippen molar-refractivity contribution in [3.05, 3.63) is 46.3 Å². The average Bonchev–Trinajstić information content (AvgIpc) is 2.33. The highest BCUT2D eigenvalue weighted by Gasteiger charge is 2.14. The van der Waals surface area contributed by atoms with Crippen molar-refractivity contribution in [1.82, 2.24) is 9.97 Å². The van der Waals surface area contributed by atoms with Crippen molar-refractivity contribution in [3.63, 3.8) is 0 Å². The lowest BCUT2D eigenvalue weighted by Crippen LogP contribution is -2.03. The van der Waals surface area contributed by atoms with Gasteiger partial charge in [0.1, 0.15) is 17.6 Å². The molecule has 1 heterocycles. The van der Waals surface area contributed by atoms with Crippen LogP contribution >= 0.6 is 15.9 Å². The Morgan fingerprint density at radius 2 is 2.22 bits per heavy atom. The number of benzene rings is 1. The van der Waals surface area contributed by atoms with Gasteiger partial charge >= 0.3 is 5.97 Å². The Bertz CT molecular complexity index is 602. The van der Waals surface area contributed by atoms with Crippen LogP contribution in [0.4, 0.5) is 0 Å². The number of ether oxygens (including phenoxy) is 1. The van der Waals surface area contributed by atoms with Crippen LogP contribution in [-0.4, -0.2) is 21.0 Å². The predicted octanol–water partition coefficient (Wildman–Crippen LogP) is 3.04. The summed E-state index contributed by atoms with van der Waals surface area (Å²) >= 11 is 3.34. The van der Waals surface area contributed by atoms with Gasteiger partial charge in [-0.05, 0) is 30.7 Å². The summed E-state index contributed by atoms with van der Waals surface area (Å²) in [4.78, 5) is 18.5. The van der Waals surface area contributed by atoms with E-state index < -0.39 is 5.97 Å². The molecule has 0 atom stereocenters. The molecule has 2 rings (SSSR count). The molecule has 18 heavy (non-hydrogen) atoms. The van der Waals surface area contributed by atoms with Gasteiger partial charge in [-0.2, -0.15) is 0 Å². The molecule has 6 heteroatoms. The monoisotopic (exact) mass is 308 g/mol. The maximum atomic E-state index is 11.0. The molecule has 1 aromatic carbocycles. The Balaban J connectivity index is 2.37. The van der Waals surface area contributed by atoms with Gasteiger partial charge in [-0.1, -0.05) is 15.9 Å². The quantitative estimate of drug-likeness (QED) is 0.943. The number of rotatable bonds is 3. The lowest BCUT2D eigenvalue weighted by molar-refractivity contribution is 0.0693. The van der Waals surface area contributed by atoms with Gasteiger partial charge in [-0.15, -0.1) is 0 Å². The molecule has 0 spiro atoms. The van der Waals surface area contributed by atoms with E-state index in [1.807, 2.05) is 19.1 Å². The molecule has 0 unspecified atom stereocenters. The number of hydrogen-bond acceptors (Lipinski definition) is 4. The molecule has 92 valence electrons. The van der Waals surface area contributed by atoms with Crippen LogP contribution < -0.4 is 4.74 Å². The molecule has 0 saturated carbocycles. The highest BCUT2D eigenvalue weighted by Crippen LogP contribution is 2.27. The van der Waals surface area contributed by atoms with Crippen LogP contribution in [0.25, 0.3) is 0 Å². The highest BCUT2D eigenvalue weighted by atomic mass is 79.9. The summed E-state index contributed by atoms with van der Waals surface area (Å²) in [6.45, 7) is 1.86. The molecule has 0 radical (unpaired) electrons. The third-order valence-electron chi connectivity index (χ3n) is 2.25. The second-order valence-electron chi connectivity index (χ2n) is 3.56. The van der Waals surface area contributed by atoms with Gasteiger partial charge in [0.2, 0.25) is 5.88 Å². The van der Waals surface area contributed by atoms with Gasteiger partial charge in [-0.3, -0.25) is 0 Å². The highest BCUT2D eigenvalue weighted by molar-refractivity contribution is 9.10. The van der Waals surface area contributed by atoms with Gasteiger partial charge in [0.15, 0.2) is 0 Å². The number of aryl methyl sites for hydroxylation is 1. The van der Waals surface area contributed by atoms with E-state index in [2.05, 4.69) is 25.9 Å². The summed E-state index contributed by atoms with van der Waals surface area (Å²) < 4.78 is 6.43. The molecule has 1 N–H and O–H groups in total. The van der Waals surface area contributed by atoms with Crippen LogP contribution in [0.3, 0.4) is 0 Å². The number of carbonyl (C=O) groups is 1. The molecule has 0 amide bonds. The first-order valence-corrected chi connectivity index (χ1v) is 5.84. The minimum Gasteiger partial charge on any atom is -0.477 e. The smallest absolute Gasteiger partial charge is 0.342 e. The minimum atomic E-state index is -1.12. The Morgan fingerprint density at radius 3 is 2.89 bits per heavy atom. The number of halogens is 1. The first kappa shape index (κ1) is 12.5. The van der Waals surface area contributed by atoms with Gasteiger partial charge in [-0.25, -0.2) is 14.8 Å². The van der Waals surface area contributed by atoms with E-state index in [-0.39, 0.29) is 11.4 Å². The first-order chi connectivity index (χ1) is 8.58. The van der Waals surface area contributed by atoms with Gasteiger partial charge in [0.25, 0.3) is 0 Å². The summed E-state index contributed by atoms with van der Waals surface area (Å²) in [5.74, 6) is -0.539. The zero-order valence-corrected chi connectivity index (χ0v) is 11.0. The Labute approximate surface area is 112 Å². The SMILES string of the molecule is Cc1cc(Br)ccc1Oc1ncncc1C(=O)O. The fourth-order valence-electron chi connectivity index (χ4n) is 1.38. The average molecular weight is 309 g/mol. The number of nitrogens with zero attached hydrogens (tertiary/aromatic N) is 2. The van der Waals surface area contributed by atoms with Gasteiger partial charge < -0.3 is 9.84 Å². The van der Waals surface area contributed by atoms with Crippen molar-refractivity contribution in [1.29, 1.82) is 0 Å². The van der Waals surface area contributed by atoms with Crippen LogP contribution in [0.5, 0.6) is 11.6 Å². The Morgan fingerprint density at radius 1 is 1.44 bits per heavy atom. The second kappa shape index (κ2) is 5.14. The molecular weight excluding hydrogens is 300 g/mol. The molecule has 0 aliphatic carbocycles. The van der Waals surface area contributed by atoms with Crippen molar-refractivity contribution < 1.29 is 14.6 Å². The summed E-state index contributed by atoms with van der Waals surface area (Å²) in [6, 6.07) is 5.42. The van der Waals surface area contributed by atoms with Crippen molar-refractivity contribution in [2.45, 2.75) is 6.92 Å². The summed E-state index contributed by atoms with van der Waals surface area (Å²) in [7, 11) is 0. The maximum absolute atomic E-state index is 11.0. The molecule has 0 bridgehead atoms. The van der Waals surface area contributed by atoms with Crippen LogP contribution in [0.2, 0.25) is 0 Å². The van der Waals surface area contributed by atoms with Crippen molar-refractivity contribution >= 4 is 21.9 Å². The Kier molecular flexibility index (Phi) is 3.57. The van der Waals surface area contributed by atoms with Gasteiger partial charge in [0, 0.05) is 10.7 Å². The molecule has 0 aliphatic rings. The van der Waals surface area contributed by atoms with E-state index in [0.29, 0.717) is 5.75 Å². The van der Waals surface area contributed by atoms with Crippen molar-refractivity contribution in [2.75, 3.05) is 0 Å². The van der Waals surface area contributed by atoms with E-state index in [1.165, 1.54) is 12.5 Å². The molecule has 5 nitrogen and oxygen atoms in total. The van der Waals surface area contributed by atoms with Gasteiger partial charge in [0.05, 0.1) is 0 Å². The zero-order chi connectivity index (χ0) is 13.1. The van der Waals surface area contributed by atoms with Crippen LogP contribution in [-0.2, 0) is 0 Å². The lowest BCUT2D eigenvalue weighted by atomic mass is 10.2. The minimum absolute atomic E-state index is 0.0305. The first-order valence-electron chi connectivity index (χ1n) is 5.05. The fourth-order valence-corrected chi connectivity index (χ4v) is 1.85. The zero-order valence-electron chi connectivity index (χ0n) is 9.42. The number of carboxylic acid groups (broad SMARTS) is 1. The van der Waals surface area contributed by atoms with Crippen molar-refractivity contribution in [3.8, 4) is 11.6 Å². The molecule has 0 saturated heterocycles. The topological polar surface area (TPSA) is 72.3 Å². The van der Waals surface area contributed by atoms with Crippen molar-refractivity contribution in [2.24, 2.45) is 0 Å². The maximum Gasteiger partial charge on any atom is 0.342 e. The molecule has 1 aromatic heterocycles. The molecule has 0 fully saturated rings. The number of carboxylic acids is 1. The number of aromatic carboxylic acids is 1. The fraction of sp³-hybridized carbons (Fsp3) is 0.0833. The predicted molar refractivity (Wildman–Crippen MR) is 67.9 cm³/mol. The largest absolute Gasteiger partial charge is 0.477 e. The van der Waals surface area contributed by atoms with E-state index in [1.54, 1.807) is 6.07 Å². The molecular formula is C12H9BrN2O3. The van der Waals surface area contributed by atoms with Crippen LogP contribution in [0.15, 0.2) is 35.2 Å². The van der Waals surface area contributed by atoms with E-state index >= 15 is 0 Å². The third kappa shape index (κ3) is 2.65. The van der Waals surface area contributed by atoms with E-state index in [4.69, 9.17) is 9.84 Å². The molecule has 2 aromatic rings. The summed E-state index contributed by atoms with van der Waals surface area (Å²) in [6.07, 6.45) is 2.45. The summed E-state index contributed by atoms with van der Waals surface area (Å²) in [5.41, 5.74) is 0.805. The number of hydrogen-bond donors (Lipinski definition) is 1. The van der Waals surface area contributed by atoms with Crippen LogP contribution in [0.1, 0.15) is 15.9 Å². The van der Waals surface area contributed by atoms with E-state index in [0.717, 1.165) is 10.0 Å². The lowest BCUT2D eigenvalue weighted by Gasteiger charge is -2.09. The summed E-state index contributed by atoms with van der Waals surface area (Å²) in [5, 5.41) is 8.99. The third-order valence-corrected chi connectivity index (χ3v) is 2.74.